The summed E-state index contributed by atoms with van der Waals surface area (Å²) >= 11 is 0. The Morgan fingerprint density at radius 3 is 1.24 bits per heavy atom. The van der Waals surface area contributed by atoms with Crippen molar-refractivity contribution in [3.8, 4) is 0 Å². The molecule has 1 heteroatoms. The maximum atomic E-state index is 3.27. The predicted octanol–water partition coefficient (Wildman–Crippen LogP) is 8.78. The summed E-state index contributed by atoms with van der Waals surface area (Å²) in [6.07, 6.45) is 18.9. The van der Waals surface area contributed by atoms with Crippen LogP contribution in [-0.2, 0) is 29.3 Å². The molecule has 0 aliphatic rings. The molecule has 0 unspecified atom stereocenters. The van der Waals surface area contributed by atoms with Crippen molar-refractivity contribution < 1.29 is 16.5 Å². The molecule has 0 atom stereocenters. The molecule has 2 aromatic rings. The monoisotopic (exact) mass is 436 g/mol. The normalized spacial score (nSPS) is 10.0. The minimum atomic E-state index is 0. The molecule has 0 amide bonds. The predicted molar refractivity (Wildman–Crippen MR) is 125 cm³/mol. The zero-order chi connectivity index (χ0) is 20.1. The zero-order valence-corrected chi connectivity index (χ0v) is 19.8. The first-order valence-corrected chi connectivity index (χ1v) is 11.8. The van der Waals surface area contributed by atoms with Gasteiger partial charge in [0.05, 0.1) is 0 Å². The van der Waals surface area contributed by atoms with Gasteiger partial charge in [-0.15, -0.1) is 0 Å². The van der Waals surface area contributed by atoms with E-state index < -0.39 is 0 Å². The molecule has 0 bridgehead atoms. The summed E-state index contributed by atoms with van der Waals surface area (Å²) in [6.45, 7) is 4.53. The molecular weight excluding hydrogens is 395 g/mol. The largest absolute Gasteiger partial charge is 2.00 e. The topological polar surface area (TPSA) is 0 Å². The molecule has 0 saturated carbocycles. The first kappa shape index (κ1) is 27.9. The molecule has 0 N–H and O–H groups in total. The van der Waals surface area contributed by atoms with Gasteiger partial charge in [-0.25, -0.2) is 0 Å². The molecule has 0 aliphatic carbocycles. The van der Waals surface area contributed by atoms with Crippen LogP contribution in [0.25, 0.3) is 0 Å². The molecular formula is C28H42Ni. The SMILES string of the molecule is CCCCCCCCc1[c-]cccc1.CCCCCCCCc1[c-]cccc1.[Ni+2]. The Kier molecular flexibility index (Phi) is 20.8. The fourth-order valence-corrected chi connectivity index (χ4v) is 3.36. The minimum Gasteiger partial charge on any atom is -0.180 e. The Morgan fingerprint density at radius 1 is 0.517 bits per heavy atom. The maximum Gasteiger partial charge on any atom is 2.00 e. The van der Waals surface area contributed by atoms with E-state index in [1.54, 1.807) is 0 Å². The molecule has 0 fully saturated rings. The van der Waals surface area contributed by atoms with Crippen molar-refractivity contribution in [3.63, 3.8) is 0 Å². The van der Waals surface area contributed by atoms with Crippen molar-refractivity contribution in [3.05, 3.63) is 71.8 Å². The fraction of sp³-hybridized carbons (Fsp3) is 0.571. The van der Waals surface area contributed by atoms with Crippen LogP contribution in [0.1, 0.15) is 102 Å². The number of hydrogen-bond acceptors (Lipinski definition) is 0. The Morgan fingerprint density at radius 2 is 0.897 bits per heavy atom. The third-order valence-corrected chi connectivity index (χ3v) is 5.15. The molecule has 0 spiro atoms. The zero-order valence-electron chi connectivity index (χ0n) is 18.8. The molecule has 2 rings (SSSR count). The molecule has 29 heavy (non-hydrogen) atoms. The van der Waals surface area contributed by atoms with Crippen molar-refractivity contribution >= 4 is 0 Å². The van der Waals surface area contributed by atoms with Crippen LogP contribution in [0.3, 0.4) is 0 Å². The van der Waals surface area contributed by atoms with E-state index in [4.69, 9.17) is 0 Å². The second-order valence-electron chi connectivity index (χ2n) is 7.81. The van der Waals surface area contributed by atoms with Crippen LogP contribution < -0.4 is 0 Å². The summed E-state index contributed by atoms with van der Waals surface area (Å²) in [6, 6.07) is 23.2. The van der Waals surface area contributed by atoms with Gasteiger partial charge in [0.25, 0.3) is 0 Å². The van der Waals surface area contributed by atoms with Crippen LogP contribution in [0, 0.1) is 12.1 Å². The third kappa shape index (κ3) is 17.5. The van der Waals surface area contributed by atoms with Gasteiger partial charge in [0.15, 0.2) is 0 Å². The first-order valence-electron chi connectivity index (χ1n) is 11.8. The van der Waals surface area contributed by atoms with E-state index in [0.717, 1.165) is 0 Å². The van der Waals surface area contributed by atoms with E-state index in [2.05, 4.69) is 50.2 Å². The van der Waals surface area contributed by atoms with Crippen LogP contribution in [-0.4, -0.2) is 0 Å². The quantitative estimate of drug-likeness (QED) is 0.157. The van der Waals surface area contributed by atoms with E-state index in [1.165, 1.54) is 101 Å². The average molecular weight is 437 g/mol. The van der Waals surface area contributed by atoms with Crippen LogP contribution >= 0.6 is 0 Å². The van der Waals surface area contributed by atoms with Crippen LogP contribution in [0.5, 0.6) is 0 Å². The number of aryl methyl sites for hydroxylation is 2. The molecule has 2 aromatic carbocycles. The molecule has 164 valence electrons. The fourth-order valence-electron chi connectivity index (χ4n) is 3.36. The van der Waals surface area contributed by atoms with Crippen LogP contribution in [0.2, 0.25) is 0 Å². The minimum absolute atomic E-state index is 0. The number of unbranched alkanes of at least 4 members (excludes halogenated alkanes) is 10. The van der Waals surface area contributed by atoms with Gasteiger partial charge in [0.1, 0.15) is 0 Å². The number of rotatable bonds is 14. The second-order valence-corrected chi connectivity index (χ2v) is 7.81. The number of hydrogen-bond donors (Lipinski definition) is 0. The molecule has 0 heterocycles. The van der Waals surface area contributed by atoms with Gasteiger partial charge in [-0.3, -0.25) is 0 Å². The van der Waals surface area contributed by atoms with Gasteiger partial charge in [-0.2, -0.15) is 71.8 Å². The van der Waals surface area contributed by atoms with Gasteiger partial charge < -0.3 is 0 Å². The number of benzene rings is 2. The third-order valence-electron chi connectivity index (χ3n) is 5.15. The second kappa shape index (κ2) is 21.6. The Labute approximate surface area is 191 Å². The van der Waals surface area contributed by atoms with Crippen molar-refractivity contribution in [2.24, 2.45) is 0 Å². The summed E-state index contributed by atoms with van der Waals surface area (Å²) < 4.78 is 0. The van der Waals surface area contributed by atoms with Gasteiger partial charge in [0, 0.05) is 0 Å². The van der Waals surface area contributed by atoms with Crippen molar-refractivity contribution in [2.75, 3.05) is 0 Å². The maximum absolute atomic E-state index is 3.27. The van der Waals surface area contributed by atoms with E-state index in [0.29, 0.717) is 0 Å². The van der Waals surface area contributed by atoms with Crippen molar-refractivity contribution in [1.82, 2.24) is 0 Å². The summed E-state index contributed by atoms with van der Waals surface area (Å²) in [4.78, 5) is 0. The Hall–Kier alpha value is -1.07. The van der Waals surface area contributed by atoms with Gasteiger partial charge in [-0.1, -0.05) is 104 Å². The summed E-state index contributed by atoms with van der Waals surface area (Å²) in [7, 11) is 0. The Bertz CT molecular complexity index is 483. The van der Waals surface area contributed by atoms with Crippen LogP contribution in [0.4, 0.5) is 0 Å². The molecule has 0 saturated heterocycles. The van der Waals surface area contributed by atoms with Crippen molar-refractivity contribution in [2.45, 2.75) is 104 Å². The Balaban J connectivity index is 0.000000523. The van der Waals surface area contributed by atoms with E-state index in [-0.39, 0.29) is 16.5 Å². The summed E-state index contributed by atoms with van der Waals surface area (Å²) in [5, 5.41) is 0. The van der Waals surface area contributed by atoms with Gasteiger partial charge in [-0.05, 0) is 0 Å². The van der Waals surface area contributed by atoms with E-state index in [1.807, 2.05) is 24.3 Å². The van der Waals surface area contributed by atoms with Crippen LogP contribution in [0.15, 0.2) is 48.5 Å². The van der Waals surface area contributed by atoms with E-state index in [9.17, 15) is 0 Å². The molecule has 0 radical (unpaired) electrons. The van der Waals surface area contributed by atoms with E-state index >= 15 is 0 Å². The first-order chi connectivity index (χ1) is 13.9. The van der Waals surface area contributed by atoms with Gasteiger partial charge >= 0.3 is 16.5 Å². The smallest absolute Gasteiger partial charge is 0.180 e. The van der Waals surface area contributed by atoms with Gasteiger partial charge in [0.2, 0.25) is 0 Å². The molecule has 0 aliphatic heterocycles. The van der Waals surface area contributed by atoms with Crippen molar-refractivity contribution in [1.29, 1.82) is 0 Å². The average Bonchev–Trinajstić information content (AvgIpc) is 2.75. The molecule has 0 aromatic heterocycles. The molecule has 0 nitrogen and oxygen atoms in total. The standard InChI is InChI=1S/2C14H21.Ni/c2*1-2-3-4-5-6-8-11-14-12-9-7-10-13-14;/h2*7,9-10,12H,2-6,8,11H2,1H3;/q2*-1;+2. The summed E-state index contributed by atoms with van der Waals surface area (Å²) in [5.74, 6) is 0. The summed E-state index contributed by atoms with van der Waals surface area (Å²) in [5.41, 5.74) is 2.73.